The van der Waals surface area contributed by atoms with Gasteiger partial charge in [0.25, 0.3) is 0 Å². The maximum Gasteiger partial charge on any atom is 0.142 e. The van der Waals surface area contributed by atoms with Gasteiger partial charge in [0, 0.05) is 13.1 Å². The molecule has 0 bridgehead atoms. The summed E-state index contributed by atoms with van der Waals surface area (Å²) in [4.78, 5) is 2.50. The van der Waals surface area contributed by atoms with Crippen LogP contribution in [0.15, 0.2) is 18.2 Å². The highest BCUT2D eigenvalue weighted by molar-refractivity contribution is 5.54. The number of ether oxygens (including phenoxy) is 2. The zero-order valence-corrected chi connectivity index (χ0v) is 14.3. The Morgan fingerprint density at radius 1 is 1.27 bits per heavy atom. The van der Waals surface area contributed by atoms with Crippen molar-refractivity contribution in [2.45, 2.75) is 58.8 Å². The van der Waals surface area contributed by atoms with E-state index in [1.807, 2.05) is 26.0 Å². The highest BCUT2D eigenvalue weighted by Crippen LogP contribution is 2.24. The summed E-state index contributed by atoms with van der Waals surface area (Å²) < 4.78 is 11.4. The monoisotopic (exact) mass is 306 g/mol. The molecule has 1 heterocycles. The van der Waals surface area contributed by atoms with Gasteiger partial charge in [-0.15, -0.1) is 0 Å². The molecule has 22 heavy (non-hydrogen) atoms. The zero-order valence-electron chi connectivity index (χ0n) is 14.3. The number of benzene rings is 1. The maximum absolute atomic E-state index is 6.07. The molecule has 0 amide bonds. The van der Waals surface area contributed by atoms with E-state index < -0.39 is 0 Å². The Balaban J connectivity index is 1.80. The summed E-state index contributed by atoms with van der Waals surface area (Å²) in [5.41, 5.74) is 8.09. The van der Waals surface area contributed by atoms with Crippen LogP contribution in [0.4, 0.5) is 5.69 Å². The molecule has 2 atom stereocenters. The lowest BCUT2D eigenvalue weighted by atomic mass is 10.1. The van der Waals surface area contributed by atoms with E-state index in [-0.39, 0.29) is 6.10 Å². The third-order valence-electron chi connectivity index (χ3n) is 3.87. The molecule has 4 heteroatoms. The minimum atomic E-state index is 0.151. The van der Waals surface area contributed by atoms with Crippen molar-refractivity contribution in [3.05, 3.63) is 23.8 Å². The molecule has 0 aliphatic carbocycles. The third kappa shape index (κ3) is 5.18. The molecule has 0 radical (unpaired) electrons. The van der Waals surface area contributed by atoms with E-state index in [4.69, 9.17) is 15.2 Å². The molecule has 1 aliphatic rings. The van der Waals surface area contributed by atoms with Crippen LogP contribution in [0.25, 0.3) is 0 Å². The second-order valence-electron chi connectivity index (χ2n) is 6.66. The average molecular weight is 306 g/mol. The van der Waals surface area contributed by atoms with Crippen molar-refractivity contribution in [3.63, 3.8) is 0 Å². The second-order valence-corrected chi connectivity index (χ2v) is 6.66. The Bertz CT molecular complexity index is 466. The van der Waals surface area contributed by atoms with Crippen LogP contribution in [-0.2, 0) is 11.2 Å². The fourth-order valence-corrected chi connectivity index (χ4v) is 3.09. The van der Waals surface area contributed by atoms with E-state index in [9.17, 15) is 0 Å². The maximum atomic E-state index is 6.07. The number of nitrogens with zero attached hydrogens (tertiary/aromatic N) is 1. The van der Waals surface area contributed by atoms with E-state index in [1.54, 1.807) is 0 Å². The van der Waals surface area contributed by atoms with Crippen molar-refractivity contribution in [1.29, 1.82) is 0 Å². The van der Waals surface area contributed by atoms with Crippen molar-refractivity contribution in [2.24, 2.45) is 0 Å². The Kier molecular flexibility index (Phi) is 6.09. The molecular formula is C18H30N2O2. The van der Waals surface area contributed by atoms with Crippen LogP contribution in [0.2, 0.25) is 0 Å². The van der Waals surface area contributed by atoms with Crippen molar-refractivity contribution in [3.8, 4) is 5.75 Å². The smallest absolute Gasteiger partial charge is 0.142 e. The molecular weight excluding hydrogens is 276 g/mol. The molecule has 2 unspecified atom stereocenters. The largest absolute Gasteiger partial charge is 0.489 e. The van der Waals surface area contributed by atoms with Crippen LogP contribution in [0.1, 0.15) is 39.7 Å². The van der Waals surface area contributed by atoms with Crippen molar-refractivity contribution >= 4 is 5.69 Å². The Morgan fingerprint density at radius 3 is 2.55 bits per heavy atom. The van der Waals surface area contributed by atoms with Gasteiger partial charge in [-0.25, -0.2) is 0 Å². The summed E-state index contributed by atoms with van der Waals surface area (Å²) in [6.07, 6.45) is 3.02. The van der Waals surface area contributed by atoms with Gasteiger partial charge in [-0.1, -0.05) is 6.07 Å². The molecule has 1 aromatic carbocycles. The summed E-state index contributed by atoms with van der Waals surface area (Å²) in [7, 11) is 0. The highest BCUT2D eigenvalue weighted by Gasteiger charge is 2.21. The number of rotatable bonds is 6. The van der Waals surface area contributed by atoms with Crippen LogP contribution in [0.5, 0.6) is 5.75 Å². The molecule has 1 aromatic rings. The molecule has 1 saturated heterocycles. The second kappa shape index (κ2) is 7.84. The Labute approximate surface area is 134 Å². The first-order valence-electron chi connectivity index (χ1n) is 8.37. The van der Waals surface area contributed by atoms with Crippen molar-refractivity contribution < 1.29 is 9.47 Å². The number of nitrogen functional groups attached to an aromatic ring is 1. The van der Waals surface area contributed by atoms with Gasteiger partial charge in [-0.3, -0.25) is 4.90 Å². The van der Waals surface area contributed by atoms with Gasteiger partial charge in [-0.05, 0) is 64.8 Å². The Hall–Kier alpha value is -1.26. The normalized spacial score (nSPS) is 23.0. The molecule has 0 aromatic heterocycles. The fourth-order valence-electron chi connectivity index (χ4n) is 3.09. The number of aryl methyl sites for hydroxylation is 1. The molecule has 124 valence electrons. The summed E-state index contributed by atoms with van der Waals surface area (Å²) in [5, 5.41) is 0. The minimum absolute atomic E-state index is 0.151. The van der Waals surface area contributed by atoms with Gasteiger partial charge in [0.15, 0.2) is 0 Å². The summed E-state index contributed by atoms with van der Waals surface area (Å²) in [6.45, 7) is 11.5. The number of anilines is 1. The minimum Gasteiger partial charge on any atom is -0.489 e. The first-order chi connectivity index (χ1) is 10.4. The number of nitrogens with two attached hydrogens (primary N) is 1. The molecule has 2 N–H and O–H groups in total. The van der Waals surface area contributed by atoms with E-state index in [0.29, 0.717) is 12.2 Å². The summed E-state index contributed by atoms with van der Waals surface area (Å²) in [6, 6.07) is 6.16. The van der Waals surface area contributed by atoms with Crippen LogP contribution in [0.3, 0.4) is 0 Å². The zero-order chi connectivity index (χ0) is 16.1. The SMILES string of the molecule is CC(C)Oc1ccc(CCCN2CC(C)OC(C)C2)cc1N. The highest BCUT2D eigenvalue weighted by atomic mass is 16.5. The summed E-state index contributed by atoms with van der Waals surface area (Å²) >= 11 is 0. The topological polar surface area (TPSA) is 47.7 Å². The van der Waals surface area contributed by atoms with Gasteiger partial charge in [0.1, 0.15) is 5.75 Å². The quantitative estimate of drug-likeness (QED) is 0.821. The lowest BCUT2D eigenvalue weighted by Gasteiger charge is -2.35. The van der Waals surface area contributed by atoms with Gasteiger partial charge < -0.3 is 15.2 Å². The van der Waals surface area contributed by atoms with Gasteiger partial charge in [0.05, 0.1) is 24.0 Å². The van der Waals surface area contributed by atoms with Crippen molar-refractivity contribution in [2.75, 3.05) is 25.4 Å². The number of morpholine rings is 1. The molecule has 0 saturated carbocycles. The van der Waals surface area contributed by atoms with Crippen LogP contribution in [0, 0.1) is 0 Å². The third-order valence-corrected chi connectivity index (χ3v) is 3.87. The Morgan fingerprint density at radius 2 is 1.95 bits per heavy atom. The molecule has 1 aliphatic heterocycles. The van der Waals surface area contributed by atoms with E-state index in [2.05, 4.69) is 24.8 Å². The van der Waals surface area contributed by atoms with Crippen LogP contribution < -0.4 is 10.5 Å². The lowest BCUT2D eigenvalue weighted by Crippen LogP contribution is -2.45. The van der Waals surface area contributed by atoms with Crippen LogP contribution in [-0.4, -0.2) is 42.8 Å². The molecule has 1 fully saturated rings. The summed E-state index contributed by atoms with van der Waals surface area (Å²) in [5.74, 6) is 0.787. The molecule has 2 rings (SSSR count). The standard InChI is InChI=1S/C18H30N2O2/c1-13(2)21-18-8-7-16(10-17(18)19)6-5-9-20-11-14(3)22-15(4)12-20/h7-8,10,13-15H,5-6,9,11-12,19H2,1-4H3. The fraction of sp³-hybridized carbons (Fsp3) is 0.667. The molecule has 4 nitrogen and oxygen atoms in total. The van der Waals surface area contributed by atoms with Crippen LogP contribution >= 0.6 is 0 Å². The van der Waals surface area contributed by atoms with Gasteiger partial charge in [0.2, 0.25) is 0 Å². The van der Waals surface area contributed by atoms with Crippen molar-refractivity contribution in [1.82, 2.24) is 4.90 Å². The first-order valence-corrected chi connectivity index (χ1v) is 8.37. The number of hydrogen-bond donors (Lipinski definition) is 1. The van der Waals surface area contributed by atoms with Gasteiger partial charge >= 0.3 is 0 Å². The number of hydrogen-bond acceptors (Lipinski definition) is 4. The first kappa shape index (κ1) is 17.1. The van der Waals surface area contributed by atoms with E-state index >= 15 is 0 Å². The predicted octanol–water partition coefficient (Wildman–Crippen LogP) is 3.10. The van der Waals surface area contributed by atoms with E-state index in [1.165, 1.54) is 5.56 Å². The predicted molar refractivity (Wildman–Crippen MR) is 91.4 cm³/mol. The van der Waals surface area contributed by atoms with Gasteiger partial charge in [-0.2, -0.15) is 0 Å². The molecule has 0 spiro atoms. The average Bonchev–Trinajstić information content (AvgIpc) is 2.40. The lowest BCUT2D eigenvalue weighted by molar-refractivity contribution is -0.0680. The van der Waals surface area contributed by atoms with E-state index in [0.717, 1.165) is 43.9 Å².